The first-order valence-corrected chi connectivity index (χ1v) is 6.33. The first-order chi connectivity index (χ1) is 8.57. The van der Waals surface area contributed by atoms with Crippen molar-refractivity contribution >= 4 is 11.3 Å². The van der Waals surface area contributed by atoms with Crippen molar-refractivity contribution in [1.82, 2.24) is 5.32 Å². The van der Waals surface area contributed by atoms with Crippen molar-refractivity contribution in [3.05, 3.63) is 57.8 Å². The lowest BCUT2D eigenvalue weighted by Gasteiger charge is -2.12. The molecule has 0 spiro atoms. The molecule has 2 rings (SSSR count). The second-order valence-electron chi connectivity index (χ2n) is 3.84. The van der Waals surface area contributed by atoms with Gasteiger partial charge in [-0.25, -0.2) is 0 Å². The second kappa shape index (κ2) is 5.54. The summed E-state index contributed by atoms with van der Waals surface area (Å²) in [5.74, 6) is 0. The number of hydrogen-bond donors (Lipinski definition) is 1. The summed E-state index contributed by atoms with van der Waals surface area (Å²) >= 11 is 1.58. The molecule has 0 radical (unpaired) electrons. The monoisotopic (exact) mass is 271 g/mol. The van der Waals surface area contributed by atoms with Crippen LogP contribution in [0.3, 0.4) is 0 Å². The van der Waals surface area contributed by atoms with Crippen LogP contribution >= 0.6 is 11.3 Å². The number of thiophene rings is 1. The van der Waals surface area contributed by atoms with Crippen molar-refractivity contribution in [3.8, 4) is 0 Å². The van der Waals surface area contributed by atoms with E-state index in [0.29, 0.717) is 6.54 Å². The molecule has 0 unspecified atom stereocenters. The maximum Gasteiger partial charge on any atom is 0.416 e. The molecular formula is C13H12F3NS. The van der Waals surface area contributed by atoms with Crippen LogP contribution in [0.25, 0.3) is 0 Å². The van der Waals surface area contributed by atoms with Gasteiger partial charge in [-0.15, -0.1) is 11.3 Å². The average molecular weight is 271 g/mol. The van der Waals surface area contributed by atoms with E-state index in [0.717, 1.165) is 10.9 Å². The largest absolute Gasteiger partial charge is 0.416 e. The first kappa shape index (κ1) is 13.1. The van der Waals surface area contributed by atoms with E-state index >= 15 is 0 Å². The summed E-state index contributed by atoms with van der Waals surface area (Å²) in [5.41, 5.74) is -0.287. The lowest BCUT2D eigenvalue weighted by molar-refractivity contribution is -0.138. The summed E-state index contributed by atoms with van der Waals surface area (Å²) in [4.78, 5) is 1.11. The number of hydrogen-bond acceptors (Lipinski definition) is 2. The van der Waals surface area contributed by atoms with Gasteiger partial charge >= 0.3 is 6.18 Å². The fourth-order valence-corrected chi connectivity index (χ4v) is 2.36. The first-order valence-electron chi connectivity index (χ1n) is 5.45. The van der Waals surface area contributed by atoms with Gasteiger partial charge < -0.3 is 5.32 Å². The summed E-state index contributed by atoms with van der Waals surface area (Å²) in [7, 11) is 0. The average Bonchev–Trinajstić information content (AvgIpc) is 2.81. The Labute approximate surface area is 107 Å². The number of alkyl halides is 3. The summed E-state index contributed by atoms with van der Waals surface area (Å²) in [6.07, 6.45) is -4.29. The van der Waals surface area contributed by atoms with Gasteiger partial charge in [0.05, 0.1) is 5.56 Å². The van der Waals surface area contributed by atoms with E-state index in [2.05, 4.69) is 5.32 Å². The Morgan fingerprint density at radius 3 is 2.44 bits per heavy atom. The van der Waals surface area contributed by atoms with Crippen molar-refractivity contribution in [1.29, 1.82) is 0 Å². The molecule has 1 heterocycles. The van der Waals surface area contributed by atoms with Crippen molar-refractivity contribution in [2.75, 3.05) is 0 Å². The van der Waals surface area contributed by atoms with Crippen LogP contribution < -0.4 is 5.32 Å². The number of benzene rings is 1. The quantitative estimate of drug-likeness (QED) is 0.884. The van der Waals surface area contributed by atoms with E-state index in [9.17, 15) is 13.2 Å². The van der Waals surface area contributed by atoms with E-state index in [-0.39, 0.29) is 12.1 Å². The zero-order valence-corrected chi connectivity index (χ0v) is 10.3. The molecule has 0 saturated carbocycles. The molecule has 0 aliphatic carbocycles. The third-order valence-corrected chi connectivity index (χ3v) is 3.39. The molecule has 0 amide bonds. The van der Waals surface area contributed by atoms with Gasteiger partial charge in [-0.1, -0.05) is 24.3 Å². The van der Waals surface area contributed by atoms with Crippen LogP contribution in [0.5, 0.6) is 0 Å². The predicted molar refractivity (Wildman–Crippen MR) is 66.3 cm³/mol. The number of halogens is 3. The third kappa shape index (κ3) is 3.34. The smallest absolute Gasteiger partial charge is 0.308 e. The Morgan fingerprint density at radius 2 is 1.78 bits per heavy atom. The molecule has 1 aromatic carbocycles. The molecule has 18 heavy (non-hydrogen) atoms. The highest BCUT2D eigenvalue weighted by molar-refractivity contribution is 7.09. The Kier molecular flexibility index (Phi) is 4.04. The SMILES string of the molecule is FC(F)(F)c1ccccc1CNCc1cccs1. The Bertz CT molecular complexity index is 491. The van der Waals surface area contributed by atoms with Gasteiger partial charge in [-0.2, -0.15) is 13.2 Å². The summed E-state index contributed by atoms with van der Waals surface area (Å²) in [6.45, 7) is 0.803. The molecule has 1 aromatic heterocycles. The van der Waals surface area contributed by atoms with Crippen molar-refractivity contribution < 1.29 is 13.2 Å². The maximum absolute atomic E-state index is 12.7. The zero-order valence-electron chi connectivity index (χ0n) is 9.50. The highest BCUT2D eigenvalue weighted by atomic mass is 32.1. The molecule has 1 nitrogen and oxygen atoms in total. The fourth-order valence-electron chi connectivity index (χ4n) is 1.68. The zero-order chi connectivity index (χ0) is 13.0. The minimum atomic E-state index is -4.29. The summed E-state index contributed by atoms with van der Waals surface area (Å²) in [6, 6.07) is 9.52. The highest BCUT2D eigenvalue weighted by Gasteiger charge is 2.32. The molecule has 96 valence electrons. The van der Waals surface area contributed by atoms with Crippen LogP contribution in [0.4, 0.5) is 13.2 Å². The molecule has 0 aliphatic heterocycles. The van der Waals surface area contributed by atoms with Crippen molar-refractivity contribution in [2.24, 2.45) is 0 Å². The van der Waals surface area contributed by atoms with Crippen molar-refractivity contribution in [3.63, 3.8) is 0 Å². The molecule has 0 aliphatic rings. The van der Waals surface area contributed by atoms with Gasteiger partial charge in [0.2, 0.25) is 0 Å². The minimum Gasteiger partial charge on any atom is -0.308 e. The lowest BCUT2D eigenvalue weighted by Crippen LogP contribution is -2.16. The van der Waals surface area contributed by atoms with Gasteiger partial charge in [-0.05, 0) is 23.1 Å². The van der Waals surface area contributed by atoms with Crippen LogP contribution in [0.2, 0.25) is 0 Å². The van der Waals surface area contributed by atoms with E-state index in [1.54, 1.807) is 17.4 Å². The van der Waals surface area contributed by atoms with Gasteiger partial charge in [0, 0.05) is 18.0 Å². The summed E-state index contributed by atoms with van der Waals surface area (Å²) in [5, 5.41) is 4.97. The third-order valence-electron chi connectivity index (χ3n) is 2.52. The van der Waals surface area contributed by atoms with Crippen LogP contribution in [-0.4, -0.2) is 0 Å². The predicted octanol–water partition coefficient (Wildman–Crippen LogP) is 4.06. The standard InChI is InChI=1S/C13H12F3NS/c14-13(15,16)12-6-2-1-4-10(12)8-17-9-11-5-3-7-18-11/h1-7,17H,8-9H2. The van der Waals surface area contributed by atoms with Crippen molar-refractivity contribution in [2.45, 2.75) is 19.3 Å². The van der Waals surface area contributed by atoms with Gasteiger partial charge in [0.15, 0.2) is 0 Å². The molecular weight excluding hydrogens is 259 g/mol. The molecule has 2 aromatic rings. The van der Waals surface area contributed by atoms with Gasteiger partial charge in [-0.3, -0.25) is 0 Å². The van der Waals surface area contributed by atoms with Crippen LogP contribution in [0, 0.1) is 0 Å². The van der Waals surface area contributed by atoms with E-state index in [1.807, 2.05) is 17.5 Å². The Balaban J connectivity index is 2.01. The van der Waals surface area contributed by atoms with Gasteiger partial charge in [0.25, 0.3) is 0 Å². The molecule has 0 atom stereocenters. The Hall–Kier alpha value is -1.33. The normalized spacial score (nSPS) is 11.7. The topological polar surface area (TPSA) is 12.0 Å². The fraction of sp³-hybridized carbons (Fsp3) is 0.231. The van der Waals surface area contributed by atoms with Gasteiger partial charge in [0.1, 0.15) is 0 Å². The minimum absolute atomic E-state index is 0.216. The molecule has 1 N–H and O–H groups in total. The highest BCUT2D eigenvalue weighted by Crippen LogP contribution is 2.31. The van der Waals surface area contributed by atoms with E-state index in [4.69, 9.17) is 0 Å². The van der Waals surface area contributed by atoms with Crippen LogP contribution in [0.15, 0.2) is 41.8 Å². The number of nitrogens with one attached hydrogen (secondary N) is 1. The number of rotatable bonds is 4. The van der Waals surface area contributed by atoms with Crippen LogP contribution in [0.1, 0.15) is 16.0 Å². The molecule has 0 saturated heterocycles. The van der Waals surface area contributed by atoms with Crippen LogP contribution in [-0.2, 0) is 19.3 Å². The maximum atomic E-state index is 12.7. The lowest BCUT2D eigenvalue weighted by atomic mass is 10.1. The van der Waals surface area contributed by atoms with E-state index < -0.39 is 11.7 Å². The van der Waals surface area contributed by atoms with E-state index in [1.165, 1.54) is 12.1 Å². The molecule has 0 fully saturated rings. The molecule has 0 bridgehead atoms. The Morgan fingerprint density at radius 1 is 1.00 bits per heavy atom. The second-order valence-corrected chi connectivity index (χ2v) is 4.87. The molecule has 5 heteroatoms. The summed E-state index contributed by atoms with van der Waals surface area (Å²) < 4.78 is 38.2.